The first-order valence-electron chi connectivity index (χ1n) is 13.8. The van der Waals surface area contributed by atoms with E-state index in [1.54, 1.807) is 0 Å². The molecule has 0 atom stereocenters. The molecule has 0 aliphatic rings. The summed E-state index contributed by atoms with van der Waals surface area (Å²) in [5.74, 6) is 0. The van der Waals surface area contributed by atoms with Crippen LogP contribution in [0.2, 0.25) is 0 Å². The Morgan fingerprint density at radius 1 is 0.525 bits per heavy atom. The first-order valence-corrected chi connectivity index (χ1v) is 15.0. The van der Waals surface area contributed by atoms with Crippen molar-refractivity contribution in [1.29, 1.82) is 0 Å². The van der Waals surface area contributed by atoms with Crippen molar-refractivity contribution in [3.05, 3.63) is 167 Å². The third-order valence-electron chi connectivity index (χ3n) is 7.35. The number of hydrogen-bond acceptors (Lipinski definition) is 0. The van der Waals surface area contributed by atoms with Gasteiger partial charge in [-0.1, -0.05) is 53.9 Å². The molecular weight excluding hydrogens is 560 g/mol. The minimum absolute atomic E-state index is 1.33. The summed E-state index contributed by atoms with van der Waals surface area (Å²) in [5, 5.41) is 8.24. The zero-order valence-electron chi connectivity index (χ0n) is 23.7. The molecule has 0 bridgehead atoms. The fourth-order valence-corrected chi connectivity index (χ4v) is 6.12. The normalized spacial score (nSPS) is 10.7. The second kappa shape index (κ2) is 12.7. The molecule has 7 rings (SSSR count). The summed E-state index contributed by atoms with van der Waals surface area (Å²) < 4.78 is 1.42. The summed E-state index contributed by atoms with van der Waals surface area (Å²) in [6, 6.07) is 47.5. The Bertz CT molecular complexity index is 1780. The van der Waals surface area contributed by atoms with Crippen LogP contribution in [0.3, 0.4) is 0 Å². The van der Waals surface area contributed by atoms with E-state index < -0.39 is 0 Å². The monoisotopic (exact) mass is 592 g/mol. The van der Waals surface area contributed by atoms with Gasteiger partial charge in [0.25, 0.3) is 0 Å². The van der Waals surface area contributed by atoms with Crippen molar-refractivity contribution in [2.75, 3.05) is 0 Å². The molecule has 0 radical (unpaired) electrons. The summed E-state index contributed by atoms with van der Waals surface area (Å²) in [5.41, 5.74) is 8.08. The van der Waals surface area contributed by atoms with Gasteiger partial charge in [0, 0.05) is 0 Å². The van der Waals surface area contributed by atoms with Gasteiger partial charge in [-0.3, -0.25) is 0 Å². The van der Waals surface area contributed by atoms with E-state index in [1.165, 1.54) is 93.1 Å². The van der Waals surface area contributed by atoms with Crippen LogP contribution < -0.4 is 0 Å². The second-order valence-electron chi connectivity index (χ2n) is 10.5. The molecule has 0 amide bonds. The van der Waals surface area contributed by atoms with Crippen LogP contribution in [0.25, 0.3) is 32.3 Å². The zero-order chi connectivity index (χ0) is 28.1. The minimum atomic E-state index is 1.33. The average molecular weight is 594 g/mol. The molecule has 0 spiro atoms. The van der Waals surface area contributed by atoms with E-state index in [9.17, 15) is 0 Å². The quantitative estimate of drug-likeness (QED) is 0.175. The summed E-state index contributed by atoms with van der Waals surface area (Å²) in [4.78, 5) is 0. The summed E-state index contributed by atoms with van der Waals surface area (Å²) >= 11 is 1.46. The number of hydrogen-bond donors (Lipinski definition) is 0. The molecule has 0 aliphatic heterocycles. The summed E-state index contributed by atoms with van der Waals surface area (Å²) in [6.45, 7) is 8.61. The molecule has 7 aromatic rings. The Morgan fingerprint density at radius 3 is 1.55 bits per heavy atom. The zero-order valence-corrected chi connectivity index (χ0v) is 26.2. The molecule has 0 heterocycles. The van der Waals surface area contributed by atoms with E-state index in [-0.39, 0.29) is 0 Å². The van der Waals surface area contributed by atoms with E-state index in [4.69, 9.17) is 0 Å². The van der Waals surface area contributed by atoms with Gasteiger partial charge in [-0.15, -0.1) is 68.7 Å². The molecule has 0 unspecified atom stereocenters. The van der Waals surface area contributed by atoms with Gasteiger partial charge in [-0.25, -0.2) is 0 Å². The molecule has 0 aliphatic carbocycles. The third-order valence-corrected chi connectivity index (χ3v) is 8.77. The van der Waals surface area contributed by atoms with Gasteiger partial charge in [-0.2, -0.15) is 11.6 Å². The van der Waals surface area contributed by atoms with Crippen LogP contribution in [-0.2, 0) is 24.2 Å². The fourth-order valence-electron chi connectivity index (χ4n) is 5.30. The number of aryl methyl sites for hydroxylation is 4. The predicted octanol–water partition coefficient (Wildman–Crippen LogP) is 10.3. The van der Waals surface area contributed by atoms with Crippen molar-refractivity contribution in [2.45, 2.75) is 27.7 Å². The molecular formula is C39H34Zr. The predicted molar refractivity (Wildman–Crippen MR) is 172 cm³/mol. The van der Waals surface area contributed by atoms with Crippen LogP contribution in [0.15, 0.2) is 133 Å². The van der Waals surface area contributed by atoms with Crippen LogP contribution in [0, 0.1) is 27.7 Å². The van der Waals surface area contributed by atoms with E-state index in [0.29, 0.717) is 0 Å². The summed E-state index contributed by atoms with van der Waals surface area (Å²) in [7, 11) is 0. The molecule has 0 saturated heterocycles. The topological polar surface area (TPSA) is 0 Å². The van der Waals surface area contributed by atoms with Gasteiger partial charge in [0.1, 0.15) is 0 Å². The van der Waals surface area contributed by atoms with E-state index in [2.05, 4.69) is 161 Å². The van der Waals surface area contributed by atoms with Gasteiger partial charge in [-0.05, 0) is 20.8 Å². The van der Waals surface area contributed by atoms with Crippen molar-refractivity contribution in [3.8, 4) is 0 Å². The summed E-state index contributed by atoms with van der Waals surface area (Å²) in [6.07, 6.45) is 0. The van der Waals surface area contributed by atoms with Gasteiger partial charge < -0.3 is 0 Å². The SMILES string of the molecule is Cc1ccc2c(c1)[cH-]c1cc(C)ccc12.Cc1cccc2[cH-]cc(C)c12.[Zr+2]=[C](c1ccccc1)c1ccccc1. The second-order valence-corrected chi connectivity index (χ2v) is 11.7. The number of benzene rings is 5. The molecule has 0 saturated carbocycles. The standard InChI is InChI=1S/C15H13.C13H10.C11H11.Zr/c1-10-3-5-14-12(7-10)9-13-8-11(2)4-6-15(13)14;1-3-7-12(8-4-1)11-13-9-5-2-6-10-13;1-8-4-3-5-10-7-6-9(2)11(8)10;/h3-9H,1-2H3;1-10H;3-7H,1-2H3;/q-1;;-1;+2. The van der Waals surface area contributed by atoms with Crippen molar-refractivity contribution in [3.63, 3.8) is 0 Å². The van der Waals surface area contributed by atoms with Crippen LogP contribution in [0.4, 0.5) is 0 Å². The molecule has 0 N–H and O–H groups in total. The first-order chi connectivity index (χ1) is 19.4. The molecule has 0 aromatic heterocycles. The first kappa shape index (κ1) is 27.9. The van der Waals surface area contributed by atoms with Crippen molar-refractivity contribution < 1.29 is 24.2 Å². The Balaban J connectivity index is 0.000000123. The van der Waals surface area contributed by atoms with Gasteiger partial charge >= 0.3 is 99.2 Å². The molecule has 7 aromatic carbocycles. The molecule has 0 nitrogen and oxygen atoms in total. The van der Waals surface area contributed by atoms with Crippen LogP contribution in [-0.4, -0.2) is 3.21 Å². The van der Waals surface area contributed by atoms with E-state index >= 15 is 0 Å². The van der Waals surface area contributed by atoms with Crippen LogP contribution >= 0.6 is 0 Å². The molecule has 0 fully saturated rings. The van der Waals surface area contributed by atoms with E-state index in [0.717, 1.165) is 0 Å². The average Bonchev–Trinajstić information content (AvgIpc) is 3.54. The van der Waals surface area contributed by atoms with E-state index in [1.807, 2.05) is 0 Å². The van der Waals surface area contributed by atoms with Crippen LogP contribution in [0.1, 0.15) is 33.4 Å². The van der Waals surface area contributed by atoms with Crippen LogP contribution in [0.5, 0.6) is 0 Å². The number of rotatable bonds is 2. The number of fused-ring (bicyclic) bond motifs is 4. The molecule has 1 heteroatoms. The Hall–Kier alpha value is -3.67. The van der Waals surface area contributed by atoms with Gasteiger partial charge in [0.2, 0.25) is 0 Å². The maximum atomic E-state index is 2.28. The van der Waals surface area contributed by atoms with Crippen molar-refractivity contribution in [2.24, 2.45) is 0 Å². The molecule has 194 valence electrons. The van der Waals surface area contributed by atoms with Crippen molar-refractivity contribution >= 4 is 35.5 Å². The maximum absolute atomic E-state index is 2.28. The third kappa shape index (κ3) is 6.38. The van der Waals surface area contributed by atoms with Gasteiger partial charge in [0.05, 0.1) is 0 Å². The Kier molecular flexibility index (Phi) is 8.83. The molecule has 40 heavy (non-hydrogen) atoms. The fraction of sp³-hybridized carbons (Fsp3) is 0.103. The Morgan fingerprint density at radius 2 is 1.05 bits per heavy atom. The van der Waals surface area contributed by atoms with Crippen molar-refractivity contribution in [1.82, 2.24) is 0 Å². The Labute approximate surface area is 253 Å². The van der Waals surface area contributed by atoms with Gasteiger partial charge in [0.15, 0.2) is 0 Å².